The number of aliphatic hydroxyl groups is 1. The molecule has 1 unspecified atom stereocenters. The number of aliphatic carboxylic acids is 1. The van der Waals surface area contributed by atoms with Gasteiger partial charge in [-0.2, -0.15) is 0 Å². The van der Waals surface area contributed by atoms with Gasteiger partial charge >= 0.3 is 11.9 Å². The molecule has 0 aromatic heterocycles. The van der Waals surface area contributed by atoms with Crippen LogP contribution in [0.5, 0.6) is 0 Å². The first-order valence-electron chi connectivity index (χ1n) is 13.9. The number of rotatable bonds is 4. The lowest BCUT2D eigenvalue weighted by molar-refractivity contribution is -0.222. The van der Waals surface area contributed by atoms with E-state index in [0.29, 0.717) is 24.8 Å². The molecular formula is C33H33FO6. The van der Waals surface area contributed by atoms with Crippen molar-refractivity contribution in [1.29, 1.82) is 0 Å². The van der Waals surface area contributed by atoms with Crippen LogP contribution >= 0.6 is 0 Å². The summed E-state index contributed by atoms with van der Waals surface area (Å²) in [6.07, 6.45) is 3.95. The van der Waals surface area contributed by atoms with E-state index < -0.39 is 52.0 Å². The number of benzene rings is 2. The van der Waals surface area contributed by atoms with E-state index in [-0.39, 0.29) is 24.2 Å². The molecule has 0 aliphatic heterocycles. The summed E-state index contributed by atoms with van der Waals surface area (Å²) in [5.41, 5.74) is -3.58. The Kier molecular flexibility index (Phi) is 5.97. The van der Waals surface area contributed by atoms with Gasteiger partial charge in [0, 0.05) is 16.7 Å². The van der Waals surface area contributed by atoms with Gasteiger partial charge in [0.15, 0.2) is 11.5 Å². The maximum atomic E-state index is 17.3. The number of hydrogen-bond donors (Lipinski definition) is 2. The standard InChI is InChI=1S/C33H33FO6/c1-30-16-14-24(35)18-23(30)12-13-26-25-15-17-32(29(38)39,31(25,2)19-27(36)33(26,30)34)40-28(37)22-10-8-21(9-11-22)20-6-4-3-5-7-20/h3-11,14,16,18,25-27,36H,12-13,15,17,19H2,1-2H3,(H,38,39)/t25-,26-,27-,30-,31-,32+,33?/m0/s1. The van der Waals surface area contributed by atoms with E-state index in [2.05, 4.69) is 0 Å². The fraction of sp³-hybridized carbons (Fsp3) is 0.424. The van der Waals surface area contributed by atoms with Gasteiger partial charge in [-0.15, -0.1) is 0 Å². The normalized spacial score (nSPS) is 38.0. The van der Waals surface area contributed by atoms with Gasteiger partial charge in [-0.25, -0.2) is 14.0 Å². The van der Waals surface area contributed by atoms with Crippen LogP contribution < -0.4 is 0 Å². The molecule has 0 spiro atoms. The van der Waals surface area contributed by atoms with E-state index in [9.17, 15) is 24.6 Å². The molecular weight excluding hydrogens is 511 g/mol. The molecule has 0 radical (unpaired) electrons. The Morgan fingerprint density at radius 2 is 1.65 bits per heavy atom. The molecule has 40 heavy (non-hydrogen) atoms. The Morgan fingerprint density at radius 1 is 0.975 bits per heavy atom. The van der Waals surface area contributed by atoms with Gasteiger partial charge in [-0.05, 0) is 80.4 Å². The molecule has 6 nitrogen and oxygen atoms in total. The van der Waals surface area contributed by atoms with Crippen molar-refractivity contribution >= 4 is 17.7 Å². The molecule has 0 amide bonds. The van der Waals surface area contributed by atoms with Crippen LogP contribution in [0.2, 0.25) is 0 Å². The van der Waals surface area contributed by atoms with E-state index in [1.54, 1.807) is 44.2 Å². The van der Waals surface area contributed by atoms with Crippen LogP contribution in [0.1, 0.15) is 56.3 Å². The van der Waals surface area contributed by atoms with Crippen LogP contribution in [0, 0.1) is 22.7 Å². The predicted octanol–water partition coefficient (Wildman–Crippen LogP) is 5.70. The SMILES string of the molecule is C[C@]12C=CC(=O)C=C1CC[C@H]1[C@@H]3CC[C@@](OC(=O)c4ccc(-c5ccccc5)cc4)(C(=O)O)[C@@]3(C)C[C@H](O)C12F. The molecule has 2 N–H and O–H groups in total. The highest BCUT2D eigenvalue weighted by molar-refractivity contribution is 6.01. The van der Waals surface area contributed by atoms with Crippen LogP contribution in [0.15, 0.2) is 78.4 Å². The number of hydrogen-bond acceptors (Lipinski definition) is 5. The molecule has 7 atom stereocenters. The zero-order chi connectivity index (χ0) is 28.5. The Balaban J connectivity index is 1.32. The minimum Gasteiger partial charge on any atom is -0.478 e. The number of alkyl halides is 1. The topological polar surface area (TPSA) is 101 Å². The van der Waals surface area contributed by atoms with Gasteiger partial charge in [0.25, 0.3) is 0 Å². The molecule has 6 rings (SSSR count). The average Bonchev–Trinajstić information content (AvgIpc) is 3.23. The van der Waals surface area contributed by atoms with Crippen LogP contribution in [-0.2, 0) is 14.3 Å². The zero-order valence-corrected chi connectivity index (χ0v) is 22.6. The fourth-order valence-electron chi connectivity index (χ4n) is 8.41. The highest BCUT2D eigenvalue weighted by Crippen LogP contribution is 2.70. The fourth-order valence-corrected chi connectivity index (χ4v) is 8.41. The van der Waals surface area contributed by atoms with Gasteiger partial charge < -0.3 is 14.9 Å². The summed E-state index contributed by atoms with van der Waals surface area (Å²) in [5.74, 6) is -3.33. The van der Waals surface area contributed by atoms with Crippen LogP contribution in [0.4, 0.5) is 4.39 Å². The molecule has 3 fully saturated rings. The van der Waals surface area contributed by atoms with Gasteiger partial charge in [0.05, 0.1) is 11.7 Å². The van der Waals surface area contributed by atoms with Crippen molar-refractivity contribution in [1.82, 2.24) is 0 Å². The van der Waals surface area contributed by atoms with E-state index in [1.165, 1.54) is 12.2 Å². The molecule has 7 heteroatoms. The molecule has 3 saturated carbocycles. The van der Waals surface area contributed by atoms with Crippen molar-refractivity contribution in [3.8, 4) is 11.1 Å². The Hall–Kier alpha value is -3.58. The van der Waals surface area contributed by atoms with Crippen molar-refractivity contribution in [2.24, 2.45) is 22.7 Å². The third kappa shape index (κ3) is 3.46. The van der Waals surface area contributed by atoms with Crippen LogP contribution in [0.3, 0.4) is 0 Å². The van der Waals surface area contributed by atoms with Crippen LogP contribution in [0.25, 0.3) is 11.1 Å². The lowest BCUT2D eigenvalue weighted by atomic mass is 9.45. The van der Waals surface area contributed by atoms with E-state index in [0.717, 1.165) is 11.1 Å². The predicted molar refractivity (Wildman–Crippen MR) is 146 cm³/mol. The average molecular weight is 545 g/mol. The number of carboxylic acids is 1. The number of carbonyl (C=O) groups excluding carboxylic acids is 2. The third-order valence-corrected chi connectivity index (χ3v) is 10.6. The molecule has 4 aliphatic rings. The van der Waals surface area contributed by atoms with Crippen molar-refractivity contribution < 1.29 is 33.7 Å². The van der Waals surface area contributed by atoms with E-state index in [1.807, 2.05) is 30.3 Å². The summed E-state index contributed by atoms with van der Waals surface area (Å²) < 4.78 is 23.2. The zero-order valence-electron chi connectivity index (χ0n) is 22.6. The second-order valence-corrected chi connectivity index (χ2v) is 12.3. The Bertz CT molecular complexity index is 1450. The number of carboxylic acid groups (broad SMARTS) is 1. The molecule has 2 aromatic carbocycles. The highest BCUT2D eigenvalue weighted by Gasteiger charge is 2.76. The minimum absolute atomic E-state index is 0.0321. The number of allylic oxidation sites excluding steroid dienone is 4. The molecule has 4 aliphatic carbocycles. The second-order valence-electron chi connectivity index (χ2n) is 12.3. The maximum Gasteiger partial charge on any atom is 0.348 e. The summed E-state index contributed by atoms with van der Waals surface area (Å²) in [6.45, 7) is 3.44. The number of fused-ring (bicyclic) bond motifs is 5. The summed E-state index contributed by atoms with van der Waals surface area (Å²) in [4.78, 5) is 38.4. The van der Waals surface area contributed by atoms with Gasteiger partial charge in [-0.3, -0.25) is 4.79 Å². The summed E-state index contributed by atoms with van der Waals surface area (Å²) in [6, 6.07) is 16.5. The smallest absolute Gasteiger partial charge is 0.348 e. The van der Waals surface area contributed by atoms with Crippen molar-refractivity contribution in [3.63, 3.8) is 0 Å². The molecule has 0 bridgehead atoms. The quantitative estimate of drug-likeness (QED) is 0.479. The Morgan fingerprint density at radius 3 is 2.33 bits per heavy atom. The first-order valence-corrected chi connectivity index (χ1v) is 13.9. The molecule has 0 saturated heterocycles. The molecule has 2 aromatic rings. The summed E-state index contributed by atoms with van der Waals surface area (Å²) in [5, 5.41) is 22.1. The lowest BCUT2D eigenvalue weighted by Crippen LogP contribution is -2.69. The summed E-state index contributed by atoms with van der Waals surface area (Å²) >= 11 is 0. The number of ether oxygens (including phenoxy) is 1. The number of ketones is 1. The van der Waals surface area contributed by atoms with E-state index in [4.69, 9.17) is 4.74 Å². The van der Waals surface area contributed by atoms with Crippen molar-refractivity contribution in [2.75, 3.05) is 0 Å². The first-order chi connectivity index (χ1) is 19.0. The lowest BCUT2D eigenvalue weighted by Gasteiger charge is -2.62. The Labute approximate surface area is 232 Å². The third-order valence-electron chi connectivity index (χ3n) is 10.6. The minimum atomic E-state index is -2.08. The van der Waals surface area contributed by atoms with Crippen molar-refractivity contribution in [3.05, 3.63) is 84.0 Å². The monoisotopic (exact) mass is 544 g/mol. The second kappa shape index (κ2) is 8.96. The highest BCUT2D eigenvalue weighted by atomic mass is 19.1. The van der Waals surface area contributed by atoms with Crippen LogP contribution in [-0.4, -0.2) is 45.3 Å². The molecule has 0 heterocycles. The van der Waals surface area contributed by atoms with Gasteiger partial charge in [0.2, 0.25) is 5.60 Å². The first kappa shape index (κ1) is 26.6. The summed E-state index contributed by atoms with van der Waals surface area (Å²) in [7, 11) is 0. The largest absolute Gasteiger partial charge is 0.478 e. The number of carbonyl (C=O) groups is 3. The van der Waals surface area contributed by atoms with Crippen molar-refractivity contribution in [2.45, 2.75) is 63.3 Å². The molecule has 208 valence electrons. The van der Waals surface area contributed by atoms with E-state index >= 15 is 4.39 Å². The number of esters is 1. The van der Waals surface area contributed by atoms with Gasteiger partial charge in [-0.1, -0.05) is 61.0 Å². The number of aliphatic hydroxyl groups excluding tert-OH is 1. The maximum absolute atomic E-state index is 17.3. The van der Waals surface area contributed by atoms with Gasteiger partial charge in [0.1, 0.15) is 0 Å². The number of halogens is 1.